The second kappa shape index (κ2) is 4.76. The Hall–Kier alpha value is -0.130. The average molecular weight is 275 g/mol. The van der Waals surface area contributed by atoms with E-state index in [1.165, 1.54) is 6.42 Å². The van der Waals surface area contributed by atoms with Gasteiger partial charge in [0.05, 0.1) is 17.1 Å². The fraction of sp³-hybridized carbons (Fsp3) is 1.00. The fourth-order valence-electron chi connectivity index (χ4n) is 3.78. The van der Waals surface area contributed by atoms with Gasteiger partial charge in [-0.2, -0.15) is 0 Å². The topological polar surface area (TPSA) is 80.4 Å². The van der Waals surface area contributed by atoms with E-state index in [4.69, 9.17) is 5.73 Å². The Labute approximate surface area is 110 Å². The monoisotopic (exact) mass is 275 g/mol. The maximum Gasteiger partial charge on any atom is 0.151 e. The van der Waals surface area contributed by atoms with Gasteiger partial charge in [0.1, 0.15) is 0 Å². The molecule has 1 saturated heterocycles. The lowest BCUT2D eigenvalue weighted by molar-refractivity contribution is -0.107. The van der Waals surface area contributed by atoms with Gasteiger partial charge < -0.3 is 10.8 Å². The van der Waals surface area contributed by atoms with Crippen molar-refractivity contribution in [3.8, 4) is 0 Å². The highest BCUT2D eigenvalue weighted by Crippen LogP contribution is 2.48. The molecule has 0 aromatic carbocycles. The van der Waals surface area contributed by atoms with Crippen molar-refractivity contribution < 1.29 is 13.5 Å². The Balaban J connectivity index is 2.25. The summed E-state index contributed by atoms with van der Waals surface area (Å²) in [6.07, 6.45) is 5.99. The lowest BCUT2D eigenvalue weighted by Crippen LogP contribution is -2.56. The minimum atomic E-state index is -3.03. The van der Waals surface area contributed by atoms with Gasteiger partial charge >= 0.3 is 0 Å². The van der Waals surface area contributed by atoms with Crippen molar-refractivity contribution in [1.82, 2.24) is 0 Å². The molecular formula is C13H25NO3S. The first-order valence-corrected chi connectivity index (χ1v) is 8.78. The molecule has 18 heavy (non-hydrogen) atoms. The van der Waals surface area contributed by atoms with Gasteiger partial charge in [-0.3, -0.25) is 0 Å². The Morgan fingerprint density at radius 1 is 1.33 bits per heavy atom. The van der Waals surface area contributed by atoms with Gasteiger partial charge in [0.25, 0.3) is 0 Å². The first kappa shape index (κ1) is 14.3. The van der Waals surface area contributed by atoms with E-state index in [-0.39, 0.29) is 24.0 Å². The van der Waals surface area contributed by atoms with E-state index in [0.717, 1.165) is 25.7 Å². The lowest BCUT2D eigenvalue weighted by Gasteiger charge is -2.47. The summed E-state index contributed by atoms with van der Waals surface area (Å²) in [5.74, 6) is 0.427. The first-order valence-electron chi connectivity index (χ1n) is 6.96. The molecule has 2 atom stereocenters. The number of aliphatic hydroxyl groups is 1. The molecule has 0 aromatic heterocycles. The van der Waals surface area contributed by atoms with E-state index in [2.05, 4.69) is 0 Å². The summed E-state index contributed by atoms with van der Waals surface area (Å²) in [4.78, 5) is 0. The van der Waals surface area contributed by atoms with Gasteiger partial charge in [-0.15, -0.1) is 0 Å². The quantitative estimate of drug-likeness (QED) is 0.807. The maximum absolute atomic E-state index is 11.8. The number of nitrogens with two attached hydrogens (primary N) is 1. The van der Waals surface area contributed by atoms with Crippen molar-refractivity contribution in [3.05, 3.63) is 0 Å². The molecule has 2 unspecified atom stereocenters. The molecule has 4 nitrogen and oxygen atoms in total. The van der Waals surface area contributed by atoms with Crippen molar-refractivity contribution in [2.45, 2.75) is 51.0 Å². The largest absolute Gasteiger partial charge is 0.389 e. The van der Waals surface area contributed by atoms with Crippen LogP contribution in [0.15, 0.2) is 0 Å². The summed E-state index contributed by atoms with van der Waals surface area (Å²) in [6, 6.07) is 0. The van der Waals surface area contributed by atoms with Crippen LogP contribution < -0.4 is 5.73 Å². The van der Waals surface area contributed by atoms with E-state index in [1.54, 1.807) is 0 Å². The van der Waals surface area contributed by atoms with Gasteiger partial charge in [0.15, 0.2) is 9.84 Å². The molecule has 1 aliphatic carbocycles. The minimum Gasteiger partial charge on any atom is -0.389 e. The molecule has 3 N–H and O–H groups in total. The summed E-state index contributed by atoms with van der Waals surface area (Å²) < 4.78 is 23.5. The highest BCUT2D eigenvalue weighted by Gasteiger charge is 2.55. The molecule has 0 aromatic rings. The Morgan fingerprint density at radius 3 is 2.39 bits per heavy atom. The Morgan fingerprint density at radius 2 is 1.94 bits per heavy atom. The standard InChI is InChI=1S/C13H25NO3S/c1-12(15,11-5-3-2-4-6-11)13(9-14)7-8-18(16,17)10-13/h11,15H,2-10,14H2,1H3. The zero-order chi connectivity index (χ0) is 13.4. The number of hydrogen-bond donors (Lipinski definition) is 2. The highest BCUT2D eigenvalue weighted by molar-refractivity contribution is 7.91. The molecule has 0 bridgehead atoms. The van der Waals surface area contributed by atoms with Crippen LogP contribution in [0, 0.1) is 11.3 Å². The van der Waals surface area contributed by atoms with E-state index >= 15 is 0 Å². The number of sulfone groups is 1. The van der Waals surface area contributed by atoms with Gasteiger partial charge in [-0.25, -0.2) is 8.42 Å². The van der Waals surface area contributed by atoms with Gasteiger partial charge in [-0.1, -0.05) is 19.3 Å². The third-order valence-corrected chi connectivity index (χ3v) is 7.07. The molecule has 2 aliphatic rings. The van der Waals surface area contributed by atoms with Gasteiger partial charge in [0, 0.05) is 12.0 Å². The SMILES string of the molecule is CC(O)(C1CCCCC1)C1(CN)CCS(=O)(=O)C1. The van der Waals surface area contributed by atoms with Crippen molar-refractivity contribution in [1.29, 1.82) is 0 Å². The van der Waals surface area contributed by atoms with Crippen LogP contribution in [0.3, 0.4) is 0 Å². The summed E-state index contributed by atoms with van der Waals surface area (Å²) in [6.45, 7) is 2.08. The van der Waals surface area contributed by atoms with Crippen LogP contribution >= 0.6 is 0 Å². The minimum absolute atomic E-state index is 0.0556. The van der Waals surface area contributed by atoms with E-state index in [0.29, 0.717) is 6.42 Å². The number of rotatable bonds is 3. The fourth-order valence-corrected chi connectivity index (χ4v) is 6.02. The summed E-state index contributed by atoms with van der Waals surface area (Å²) in [5.41, 5.74) is 4.27. The first-order chi connectivity index (χ1) is 8.33. The maximum atomic E-state index is 11.8. The molecular weight excluding hydrogens is 250 g/mol. The second-order valence-electron chi connectivity index (χ2n) is 6.31. The average Bonchev–Trinajstić information content (AvgIpc) is 2.68. The van der Waals surface area contributed by atoms with Crippen LogP contribution in [0.25, 0.3) is 0 Å². The zero-order valence-corrected chi connectivity index (χ0v) is 12.0. The highest BCUT2D eigenvalue weighted by atomic mass is 32.2. The summed E-state index contributed by atoms with van der Waals surface area (Å²) >= 11 is 0. The smallest absolute Gasteiger partial charge is 0.151 e. The molecule has 1 aliphatic heterocycles. The van der Waals surface area contributed by atoms with Crippen LogP contribution in [-0.2, 0) is 9.84 Å². The predicted molar refractivity (Wildman–Crippen MR) is 72.0 cm³/mol. The van der Waals surface area contributed by atoms with Crippen LogP contribution in [-0.4, -0.2) is 37.2 Å². The van der Waals surface area contributed by atoms with E-state index < -0.39 is 20.9 Å². The molecule has 5 heteroatoms. The zero-order valence-electron chi connectivity index (χ0n) is 11.2. The van der Waals surface area contributed by atoms with Crippen molar-refractivity contribution >= 4 is 9.84 Å². The van der Waals surface area contributed by atoms with Crippen LogP contribution in [0.2, 0.25) is 0 Å². The Bertz CT molecular complexity index is 398. The van der Waals surface area contributed by atoms with Crippen molar-refractivity contribution in [2.75, 3.05) is 18.1 Å². The molecule has 2 rings (SSSR count). The normalized spacial score (nSPS) is 36.4. The third-order valence-electron chi connectivity index (χ3n) is 5.25. The van der Waals surface area contributed by atoms with E-state index in [1.807, 2.05) is 6.92 Å². The second-order valence-corrected chi connectivity index (χ2v) is 8.49. The molecule has 106 valence electrons. The number of hydrogen-bond acceptors (Lipinski definition) is 4. The van der Waals surface area contributed by atoms with Crippen LogP contribution in [0.4, 0.5) is 0 Å². The third kappa shape index (κ3) is 2.32. The van der Waals surface area contributed by atoms with E-state index in [9.17, 15) is 13.5 Å². The molecule has 1 heterocycles. The van der Waals surface area contributed by atoms with Gasteiger partial charge in [-0.05, 0) is 32.1 Å². The summed E-state index contributed by atoms with van der Waals surface area (Å²) in [7, 11) is -3.03. The van der Waals surface area contributed by atoms with Crippen molar-refractivity contribution in [3.63, 3.8) is 0 Å². The Kier molecular flexibility index (Phi) is 3.78. The molecule has 0 radical (unpaired) electrons. The molecule has 1 saturated carbocycles. The van der Waals surface area contributed by atoms with Crippen LogP contribution in [0.5, 0.6) is 0 Å². The van der Waals surface area contributed by atoms with Crippen molar-refractivity contribution in [2.24, 2.45) is 17.1 Å². The molecule has 0 spiro atoms. The summed E-state index contributed by atoms with van der Waals surface area (Å²) in [5, 5.41) is 11.0. The molecule has 0 amide bonds. The molecule has 2 fully saturated rings. The van der Waals surface area contributed by atoms with Crippen LogP contribution in [0.1, 0.15) is 45.4 Å². The lowest BCUT2D eigenvalue weighted by atomic mass is 9.63. The van der Waals surface area contributed by atoms with Gasteiger partial charge in [0.2, 0.25) is 0 Å². The predicted octanol–water partition coefficient (Wildman–Crippen LogP) is 1.08.